The molecule has 3 atom stereocenters. The second-order valence-electron chi connectivity index (χ2n) is 7.52. The zero-order valence-electron chi connectivity index (χ0n) is 17.2. The molecule has 1 aliphatic heterocycles. The van der Waals surface area contributed by atoms with E-state index < -0.39 is 47.6 Å². The summed E-state index contributed by atoms with van der Waals surface area (Å²) in [4.78, 5) is 31.4. The van der Waals surface area contributed by atoms with Gasteiger partial charge in [0, 0.05) is 18.9 Å². The second kappa shape index (κ2) is 7.97. The molecule has 0 saturated carbocycles. The molecule has 2 amide bonds. The lowest BCUT2D eigenvalue weighted by atomic mass is 10.1. The number of rotatable bonds is 3. The first-order chi connectivity index (χ1) is 15.4. The van der Waals surface area contributed by atoms with Gasteiger partial charge in [0.05, 0.1) is 16.1 Å². The molecule has 1 fully saturated rings. The summed E-state index contributed by atoms with van der Waals surface area (Å²) in [5.74, 6) is -2.46. The smallest absolute Gasteiger partial charge is 0.387 e. The third kappa shape index (κ3) is 3.90. The van der Waals surface area contributed by atoms with Crippen LogP contribution in [0.2, 0.25) is 5.02 Å². The van der Waals surface area contributed by atoms with Crippen LogP contribution in [0.15, 0.2) is 36.5 Å². The van der Waals surface area contributed by atoms with Crippen molar-refractivity contribution in [1.82, 2.24) is 14.6 Å². The number of likely N-dealkylation sites (N-methyl/N-ethyl adjacent to an activating group) is 1. The number of aryl methyl sites for hydroxylation is 1. The Hall–Kier alpha value is -3.22. The Morgan fingerprint density at radius 2 is 1.91 bits per heavy atom. The fourth-order valence-electron chi connectivity index (χ4n) is 3.64. The predicted octanol–water partition coefficient (Wildman–Crippen LogP) is 1.81. The van der Waals surface area contributed by atoms with Gasteiger partial charge in [-0.15, -0.1) is 5.10 Å². The Labute approximate surface area is 189 Å². The van der Waals surface area contributed by atoms with Crippen molar-refractivity contribution in [3.8, 4) is 0 Å². The average Bonchev–Trinajstić information content (AvgIpc) is 3.23. The monoisotopic (exact) mass is 483 g/mol. The van der Waals surface area contributed by atoms with Crippen molar-refractivity contribution in [3.05, 3.63) is 52.8 Å². The van der Waals surface area contributed by atoms with E-state index in [-0.39, 0.29) is 11.5 Å². The molecule has 0 bridgehead atoms. The van der Waals surface area contributed by atoms with Gasteiger partial charge in [-0.1, -0.05) is 11.6 Å². The number of nitrogens with zero attached hydrogens (tertiary/aromatic N) is 5. The average molecular weight is 484 g/mol. The molecule has 0 aliphatic carbocycles. The van der Waals surface area contributed by atoms with E-state index >= 15 is 0 Å². The van der Waals surface area contributed by atoms with Crippen LogP contribution in [0, 0.1) is 6.92 Å². The van der Waals surface area contributed by atoms with E-state index in [0.29, 0.717) is 21.5 Å². The number of aromatic nitrogens is 3. The maximum Gasteiger partial charge on any atom is 0.416 e. The quantitative estimate of drug-likeness (QED) is 0.588. The van der Waals surface area contributed by atoms with Crippen LogP contribution in [0.25, 0.3) is 5.52 Å². The van der Waals surface area contributed by atoms with E-state index in [1.54, 1.807) is 18.3 Å². The van der Waals surface area contributed by atoms with E-state index in [1.807, 2.05) is 0 Å². The second-order valence-corrected chi connectivity index (χ2v) is 7.93. The molecule has 13 heteroatoms. The molecule has 174 valence electrons. The van der Waals surface area contributed by atoms with Gasteiger partial charge in [0.2, 0.25) is 0 Å². The fraction of sp³-hybridized carbons (Fsp3) is 0.300. The minimum atomic E-state index is -4.74. The van der Waals surface area contributed by atoms with Crippen molar-refractivity contribution >= 4 is 40.6 Å². The van der Waals surface area contributed by atoms with Gasteiger partial charge in [-0.05, 0) is 37.3 Å². The summed E-state index contributed by atoms with van der Waals surface area (Å²) in [5.41, 5.74) is -0.595. The molecular formula is C20H17ClF3N5O4. The molecular weight excluding hydrogens is 467 g/mol. The lowest BCUT2D eigenvalue weighted by molar-refractivity contribution is -0.137. The van der Waals surface area contributed by atoms with Crippen molar-refractivity contribution in [2.75, 3.05) is 16.8 Å². The summed E-state index contributed by atoms with van der Waals surface area (Å²) in [6.45, 7) is 1.29. The maximum absolute atomic E-state index is 13.3. The van der Waals surface area contributed by atoms with Crippen LogP contribution in [0.5, 0.6) is 0 Å². The first-order valence-corrected chi connectivity index (χ1v) is 9.94. The van der Waals surface area contributed by atoms with Gasteiger partial charge in [0.15, 0.2) is 11.9 Å². The number of pyridine rings is 1. The highest BCUT2D eigenvalue weighted by Gasteiger charge is 2.53. The van der Waals surface area contributed by atoms with Crippen LogP contribution >= 0.6 is 11.6 Å². The number of halogens is 4. The highest BCUT2D eigenvalue weighted by molar-refractivity contribution is 6.33. The van der Waals surface area contributed by atoms with Gasteiger partial charge in [-0.2, -0.15) is 13.2 Å². The Kier molecular flexibility index (Phi) is 5.55. The summed E-state index contributed by atoms with van der Waals surface area (Å²) in [6.07, 6.45) is -7.12. The number of alkyl halides is 3. The van der Waals surface area contributed by atoms with E-state index in [9.17, 15) is 33.0 Å². The summed E-state index contributed by atoms with van der Waals surface area (Å²) in [7, 11) is 1.31. The molecule has 3 aromatic rings. The Balaban J connectivity index is 1.74. The van der Waals surface area contributed by atoms with Crippen molar-refractivity contribution in [1.29, 1.82) is 0 Å². The largest absolute Gasteiger partial charge is 0.416 e. The number of amides is 2. The summed E-state index contributed by atoms with van der Waals surface area (Å²) < 4.78 is 41.3. The number of anilines is 2. The van der Waals surface area contributed by atoms with E-state index in [4.69, 9.17) is 11.6 Å². The highest BCUT2D eigenvalue weighted by atomic mass is 35.5. The van der Waals surface area contributed by atoms with Crippen molar-refractivity contribution in [3.63, 3.8) is 0 Å². The van der Waals surface area contributed by atoms with E-state index in [2.05, 4.69) is 10.1 Å². The standard InChI is InChI=1S/C20H17ClF3N5O4/c1-9-7-10(20(22,23)24)8-14(25-9)29-15(16(30)17(31)19(29)33)18(32)27(2)13-4-3-12-11(21)5-6-28(12)26-13/h3-8,15-17,30-31H,1-2H3. The first kappa shape index (κ1) is 23.0. The third-order valence-electron chi connectivity index (χ3n) is 5.31. The van der Waals surface area contributed by atoms with Crippen LogP contribution in [0.3, 0.4) is 0 Å². The molecule has 0 spiro atoms. The zero-order chi connectivity index (χ0) is 24.2. The molecule has 3 unspecified atom stereocenters. The number of aliphatic hydroxyl groups excluding tert-OH is 2. The maximum atomic E-state index is 13.3. The SMILES string of the molecule is Cc1cc(C(F)(F)F)cc(N2C(=O)C(O)C(O)C2C(=O)N(C)c2ccc3c(Cl)ccn3n2)n1. The van der Waals surface area contributed by atoms with Crippen LogP contribution in [0.1, 0.15) is 11.3 Å². The van der Waals surface area contributed by atoms with Crippen LogP contribution in [-0.2, 0) is 15.8 Å². The molecule has 2 N–H and O–H groups in total. The fourth-order valence-corrected chi connectivity index (χ4v) is 3.85. The summed E-state index contributed by atoms with van der Waals surface area (Å²) in [5, 5.41) is 25.2. The molecule has 4 heterocycles. The van der Waals surface area contributed by atoms with Gasteiger partial charge in [0.25, 0.3) is 11.8 Å². The normalized spacial score (nSPS) is 21.2. The molecule has 0 radical (unpaired) electrons. The van der Waals surface area contributed by atoms with Crippen LogP contribution < -0.4 is 9.80 Å². The van der Waals surface area contributed by atoms with Gasteiger partial charge in [-0.25, -0.2) is 9.50 Å². The molecule has 1 saturated heterocycles. The number of carbonyl (C=O) groups is 2. The van der Waals surface area contributed by atoms with Gasteiger partial charge >= 0.3 is 6.18 Å². The minimum absolute atomic E-state index is 0.0698. The van der Waals surface area contributed by atoms with Crippen molar-refractivity contribution in [2.24, 2.45) is 0 Å². The lowest BCUT2D eigenvalue weighted by Gasteiger charge is -2.28. The molecule has 3 aromatic heterocycles. The molecule has 33 heavy (non-hydrogen) atoms. The zero-order valence-corrected chi connectivity index (χ0v) is 17.9. The first-order valence-electron chi connectivity index (χ1n) is 9.56. The number of fused-ring (bicyclic) bond motifs is 1. The topological polar surface area (TPSA) is 111 Å². The number of aliphatic hydroxyl groups is 2. The number of hydrogen-bond acceptors (Lipinski definition) is 6. The van der Waals surface area contributed by atoms with Crippen LogP contribution in [0.4, 0.5) is 24.8 Å². The molecule has 0 aromatic carbocycles. The third-order valence-corrected chi connectivity index (χ3v) is 5.63. The van der Waals surface area contributed by atoms with Gasteiger partial charge < -0.3 is 10.2 Å². The van der Waals surface area contributed by atoms with Gasteiger partial charge in [-0.3, -0.25) is 19.4 Å². The molecule has 1 aliphatic rings. The number of hydrogen-bond donors (Lipinski definition) is 2. The van der Waals surface area contributed by atoms with E-state index in [0.717, 1.165) is 11.0 Å². The Morgan fingerprint density at radius 1 is 1.21 bits per heavy atom. The number of carbonyl (C=O) groups excluding carboxylic acids is 2. The molecule has 9 nitrogen and oxygen atoms in total. The van der Waals surface area contributed by atoms with Crippen molar-refractivity contribution < 1.29 is 33.0 Å². The minimum Gasteiger partial charge on any atom is -0.387 e. The Morgan fingerprint density at radius 3 is 2.58 bits per heavy atom. The molecule has 4 rings (SSSR count). The lowest BCUT2D eigenvalue weighted by Crippen LogP contribution is -2.50. The van der Waals surface area contributed by atoms with E-state index in [1.165, 1.54) is 24.6 Å². The summed E-state index contributed by atoms with van der Waals surface area (Å²) in [6, 6.07) is 4.28. The van der Waals surface area contributed by atoms with Gasteiger partial charge in [0.1, 0.15) is 18.0 Å². The van der Waals surface area contributed by atoms with Crippen LogP contribution in [-0.4, -0.2) is 61.9 Å². The Bertz CT molecular complexity index is 1260. The highest BCUT2D eigenvalue weighted by Crippen LogP contribution is 2.34. The summed E-state index contributed by atoms with van der Waals surface area (Å²) >= 11 is 6.03. The predicted molar refractivity (Wildman–Crippen MR) is 111 cm³/mol. The van der Waals surface area contributed by atoms with Crippen molar-refractivity contribution in [2.45, 2.75) is 31.3 Å².